The van der Waals surface area contributed by atoms with Gasteiger partial charge in [0.1, 0.15) is 6.04 Å². The maximum absolute atomic E-state index is 14.7. The van der Waals surface area contributed by atoms with Crippen LogP contribution in [0.2, 0.25) is 0 Å². The summed E-state index contributed by atoms with van der Waals surface area (Å²) in [6.07, 6.45) is 6.95. The van der Waals surface area contributed by atoms with E-state index in [2.05, 4.69) is 54.7 Å². The van der Waals surface area contributed by atoms with E-state index in [1.165, 1.54) is 0 Å². The number of fused-ring (bicyclic) bond motifs is 1. The quantitative estimate of drug-likeness (QED) is 0.294. The predicted octanol–water partition coefficient (Wildman–Crippen LogP) is 4.11. The van der Waals surface area contributed by atoms with Gasteiger partial charge in [0.25, 0.3) is 0 Å². The van der Waals surface area contributed by atoms with Gasteiger partial charge < -0.3 is 19.8 Å². The van der Waals surface area contributed by atoms with Gasteiger partial charge in [0, 0.05) is 43.6 Å². The zero-order valence-corrected chi connectivity index (χ0v) is 25.4. The molecule has 0 aromatic carbocycles. The van der Waals surface area contributed by atoms with Crippen LogP contribution < -0.4 is 0 Å². The second kappa shape index (κ2) is 11.0. The van der Waals surface area contributed by atoms with Crippen LogP contribution in [0.3, 0.4) is 0 Å². The summed E-state index contributed by atoms with van der Waals surface area (Å²) < 4.78 is -1.04. The Bertz CT molecular complexity index is 960. The molecule has 38 heavy (non-hydrogen) atoms. The summed E-state index contributed by atoms with van der Waals surface area (Å²) in [4.78, 5) is 48.1. The molecule has 8 heteroatoms. The first-order chi connectivity index (χ1) is 17.6. The Morgan fingerprint density at radius 3 is 2.29 bits per heavy atom. The minimum Gasteiger partial charge on any atom is -0.396 e. The van der Waals surface area contributed by atoms with Crippen molar-refractivity contribution in [1.29, 1.82) is 0 Å². The second-order valence-corrected chi connectivity index (χ2v) is 15.4. The van der Waals surface area contributed by atoms with Gasteiger partial charge in [0.15, 0.2) is 0 Å². The van der Waals surface area contributed by atoms with Crippen molar-refractivity contribution < 1.29 is 19.5 Å². The molecule has 3 amide bonds. The van der Waals surface area contributed by atoms with Crippen molar-refractivity contribution in [3.05, 3.63) is 25.3 Å². The van der Waals surface area contributed by atoms with Gasteiger partial charge in [0.05, 0.1) is 16.6 Å². The number of hydrogen-bond donors (Lipinski definition) is 1. The van der Waals surface area contributed by atoms with E-state index in [1.807, 2.05) is 4.90 Å². The number of nitrogens with zero attached hydrogens (tertiary/aromatic N) is 3. The molecular weight excluding hydrogens is 498 g/mol. The molecule has 5 atom stereocenters. The zero-order valence-electron chi connectivity index (χ0n) is 24.6. The molecule has 7 nitrogen and oxygen atoms in total. The van der Waals surface area contributed by atoms with Crippen LogP contribution in [-0.4, -0.2) is 91.9 Å². The van der Waals surface area contributed by atoms with E-state index in [-0.39, 0.29) is 29.7 Å². The number of carbonyl (C=O) groups is 3. The molecule has 2 unspecified atom stereocenters. The summed E-state index contributed by atoms with van der Waals surface area (Å²) in [6, 6.07) is -0.646. The average molecular weight is 548 g/mol. The molecule has 214 valence electrons. The Morgan fingerprint density at radius 1 is 1.11 bits per heavy atom. The molecular formula is C30H49N3O4S. The lowest BCUT2D eigenvalue weighted by molar-refractivity contribution is -0.147. The molecule has 3 fully saturated rings. The maximum atomic E-state index is 14.7. The molecule has 0 aromatic rings. The lowest BCUT2D eigenvalue weighted by Gasteiger charge is -2.46. The van der Waals surface area contributed by atoms with E-state index in [4.69, 9.17) is 0 Å². The van der Waals surface area contributed by atoms with Crippen molar-refractivity contribution in [3.8, 4) is 0 Å². The summed E-state index contributed by atoms with van der Waals surface area (Å²) in [5, 5.41) is 9.43. The number of thioether (sulfide) groups is 1. The molecule has 3 rings (SSSR count). The standard InChI is InChI=1S/C30H49N3O4S/c1-10-16-31(9)24(35)21-22-25(36)32(18-12-13-19-34)23(30(22)15-14-29(21,8)38-30)26(37)33(17-11-2)28(6,7)20-27(3,4)5/h10-11,21-23,34H,1-2,12-20H2,3-9H3/t21-,22+,23?,29+,30?/m1/s1. The van der Waals surface area contributed by atoms with E-state index < -0.39 is 32.9 Å². The first-order valence-electron chi connectivity index (χ1n) is 14.0. The van der Waals surface area contributed by atoms with E-state index in [9.17, 15) is 19.5 Å². The van der Waals surface area contributed by atoms with E-state index in [0.29, 0.717) is 32.5 Å². The zero-order chi connectivity index (χ0) is 28.7. The number of likely N-dealkylation sites (tertiary alicyclic amines) is 1. The van der Waals surface area contributed by atoms with Gasteiger partial charge >= 0.3 is 0 Å². The van der Waals surface area contributed by atoms with E-state index in [1.54, 1.807) is 40.8 Å². The van der Waals surface area contributed by atoms with Crippen LogP contribution in [0.25, 0.3) is 0 Å². The van der Waals surface area contributed by atoms with Crippen molar-refractivity contribution in [2.75, 3.05) is 33.3 Å². The molecule has 0 radical (unpaired) electrons. The van der Waals surface area contributed by atoms with Crippen LogP contribution >= 0.6 is 11.8 Å². The van der Waals surface area contributed by atoms with Gasteiger partial charge in [-0.05, 0) is 58.3 Å². The summed E-state index contributed by atoms with van der Waals surface area (Å²) in [5.41, 5.74) is -0.458. The highest BCUT2D eigenvalue weighted by Crippen LogP contribution is 2.71. The molecule has 3 aliphatic heterocycles. The topological polar surface area (TPSA) is 81.2 Å². The number of aliphatic hydroxyl groups is 1. The lowest BCUT2D eigenvalue weighted by Crippen LogP contribution is -2.60. The van der Waals surface area contributed by atoms with Gasteiger partial charge in [-0.3, -0.25) is 14.4 Å². The fraction of sp³-hybridized carbons (Fsp3) is 0.767. The number of hydrogen-bond acceptors (Lipinski definition) is 5. The highest BCUT2D eigenvalue weighted by molar-refractivity contribution is 8.02. The number of carbonyl (C=O) groups excluding carboxylic acids is 3. The van der Waals surface area contributed by atoms with Crippen molar-refractivity contribution in [1.82, 2.24) is 14.7 Å². The Morgan fingerprint density at radius 2 is 1.74 bits per heavy atom. The molecule has 0 aliphatic carbocycles. The van der Waals surface area contributed by atoms with Gasteiger partial charge in [0.2, 0.25) is 17.7 Å². The summed E-state index contributed by atoms with van der Waals surface area (Å²) in [6.45, 7) is 21.8. The third kappa shape index (κ3) is 5.32. The summed E-state index contributed by atoms with van der Waals surface area (Å²) in [7, 11) is 1.76. The number of rotatable bonds is 12. The molecule has 3 heterocycles. The maximum Gasteiger partial charge on any atom is 0.247 e. The normalized spacial score (nSPS) is 30.4. The van der Waals surface area contributed by atoms with E-state index in [0.717, 1.165) is 19.3 Å². The van der Waals surface area contributed by atoms with Gasteiger partial charge in [-0.1, -0.05) is 32.9 Å². The second-order valence-electron chi connectivity index (χ2n) is 13.5. The van der Waals surface area contributed by atoms with Gasteiger partial charge in [-0.2, -0.15) is 0 Å². The van der Waals surface area contributed by atoms with Crippen LogP contribution in [0, 0.1) is 17.3 Å². The Kier molecular flexibility index (Phi) is 8.89. The van der Waals surface area contributed by atoms with Crippen LogP contribution in [0.4, 0.5) is 0 Å². The summed E-state index contributed by atoms with van der Waals surface area (Å²) in [5.74, 6) is -1.20. The smallest absolute Gasteiger partial charge is 0.247 e. The fourth-order valence-electron chi connectivity index (χ4n) is 7.54. The molecule has 1 spiro atoms. The molecule has 2 bridgehead atoms. The minimum atomic E-state index is -0.646. The Balaban J connectivity index is 2.10. The number of amides is 3. The van der Waals surface area contributed by atoms with Crippen molar-refractivity contribution in [2.45, 2.75) is 94.7 Å². The van der Waals surface area contributed by atoms with Crippen molar-refractivity contribution >= 4 is 29.5 Å². The largest absolute Gasteiger partial charge is 0.396 e. The molecule has 1 N–H and O–H groups in total. The summed E-state index contributed by atoms with van der Waals surface area (Å²) >= 11 is 1.71. The molecule has 0 saturated carbocycles. The average Bonchev–Trinajstić information content (AvgIpc) is 3.36. The van der Waals surface area contributed by atoms with Gasteiger partial charge in [-0.15, -0.1) is 24.9 Å². The number of aliphatic hydroxyl groups excluding tert-OH is 1. The van der Waals surface area contributed by atoms with Crippen molar-refractivity contribution in [2.24, 2.45) is 17.3 Å². The Labute approximate surface area is 234 Å². The Hall–Kier alpha value is -1.80. The lowest BCUT2D eigenvalue weighted by atomic mass is 9.66. The minimum absolute atomic E-state index is 0.00236. The first-order valence-corrected chi connectivity index (χ1v) is 14.8. The highest BCUT2D eigenvalue weighted by Gasteiger charge is 2.77. The van der Waals surface area contributed by atoms with Crippen LogP contribution in [-0.2, 0) is 14.4 Å². The molecule has 3 aliphatic rings. The fourth-order valence-corrected chi connectivity index (χ4v) is 9.89. The van der Waals surface area contributed by atoms with Crippen LogP contribution in [0.1, 0.15) is 73.6 Å². The van der Waals surface area contributed by atoms with Crippen molar-refractivity contribution in [3.63, 3.8) is 0 Å². The predicted molar refractivity (Wildman–Crippen MR) is 155 cm³/mol. The number of unbranched alkanes of at least 4 members (excludes halogenated alkanes) is 1. The third-order valence-corrected chi connectivity index (χ3v) is 10.6. The third-order valence-electron chi connectivity index (χ3n) is 8.63. The first kappa shape index (κ1) is 30.7. The SMILES string of the molecule is C=CCN(C)C(=O)[C@H]1[C@H]2C(=O)N(CCCCO)C(C(=O)N(CC=C)C(C)(C)CC(C)(C)C)C23CC[C@]1(C)S3. The number of likely N-dealkylation sites (N-methyl/N-ethyl adjacent to an activating group) is 1. The monoisotopic (exact) mass is 547 g/mol. The van der Waals surface area contributed by atoms with Gasteiger partial charge in [-0.25, -0.2) is 0 Å². The molecule has 0 aromatic heterocycles. The van der Waals surface area contributed by atoms with E-state index >= 15 is 0 Å². The molecule has 3 saturated heterocycles. The van der Waals surface area contributed by atoms with Crippen LogP contribution in [0.15, 0.2) is 25.3 Å². The van der Waals surface area contributed by atoms with Crippen LogP contribution in [0.5, 0.6) is 0 Å². The highest BCUT2D eigenvalue weighted by atomic mass is 32.2.